The third-order valence-electron chi connectivity index (χ3n) is 3.49. The molecule has 3 heteroatoms. The number of aryl methyl sites for hydroxylation is 2. The zero-order chi connectivity index (χ0) is 15.2. The molecule has 0 spiro atoms. The van der Waals surface area contributed by atoms with E-state index in [1.54, 1.807) is 11.8 Å². The fourth-order valence-corrected chi connectivity index (χ4v) is 2.78. The molecule has 1 N–H and O–H groups in total. The minimum atomic E-state index is -0.0770. The van der Waals surface area contributed by atoms with Crippen molar-refractivity contribution in [2.75, 3.05) is 5.32 Å². The molecule has 0 heterocycles. The molecule has 0 radical (unpaired) electrons. The fourth-order valence-electron chi connectivity index (χ4n) is 1.93. The third kappa shape index (κ3) is 4.64. The summed E-state index contributed by atoms with van der Waals surface area (Å²) in [6, 6.07) is 16.2. The smallest absolute Gasteiger partial charge is 0.237 e. The standard InChI is InChI=1S/C18H21NOS/c1-13-9-10-17(11-14(13)2)19-18(20)15(3)21-12-16-7-5-4-6-8-16/h4-11,15H,12H2,1-3H3,(H,19,20)/t15-/m1/s1. The van der Waals surface area contributed by atoms with Gasteiger partial charge in [-0.25, -0.2) is 0 Å². The van der Waals surface area contributed by atoms with Gasteiger partial charge in [0.05, 0.1) is 5.25 Å². The first kappa shape index (κ1) is 15.6. The van der Waals surface area contributed by atoms with Crippen LogP contribution in [0.25, 0.3) is 0 Å². The number of benzene rings is 2. The van der Waals surface area contributed by atoms with Gasteiger partial charge in [-0.15, -0.1) is 11.8 Å². The first-order valence-corrected chi connectivity index (χ1v) is 8.15. The molecule has 1 amide bonds. The zero-order valence-electron chi connectivity index (χ0n) is 12.7. The molecular weight excluding hydrogens is 278 g/mol. The summed E-state index contributed by atoms with van der Waals surface area (Å²) < 4.78 is 0. The van der Waals surface area contributed by atoms with Gasteiger partial charge in [-0.2, -0.15) is 0 Å². The number of rotatable bonds is 5. The van der Waals surface area contributed by atoms with Crippen LogP contribution in [0.1, 0.15) is 23.6 Å². The molecule has 2 aromatic carbocycles. The number of thioether (sulfide) groups is 1. The Hall–Kier alpha value is -1.74. The van der Waals surface area contributed by atoms with Crippen molar-refractivity contribution in [3.63, 3.8) is 0 Å². The van der Waals surface area contributed by atoms with Crippen molar-refractivity contribution in [1.82, 2.24) is 0 Å². The summed E-state index contributed by atoms with van der Waals surface area (Å²) in [6.45, 7) is 6.07. The molecule has 0 saturated heterocycles. The summed E-state index contributed by atoms with van der Waals surface area (Å²) in [5.74, 6) is 0.904. The highest BCUT2D eigenvalue weighted by atomic mass is 32.2. The van der Waals surface area contributed by atoms with E-state index in [0.717, 1.165) is 11.4 Å². The molecule has 2 aromatic rings. The Bertz CT molecular complexity index is 610. The molecule has 0 unspecified atom stereocenters. The van der Waals surface area contributed by atoms with Crippen LogP contribution in [-0.4, -0.2) is 11.2 Å². The summed E-state index contributed by atoms with van der Waals surface area (Å²) in [6.07, 6.45) is 0. The van der Waals surface area contributed by atoms with E-state index in [0.29, 0.717) is 0 Å². The molecule has 2 nitrogen and oxygen atoms in total. The third-order valence-corrected chi connectivity index (χ3v) is 4.70. The van der Waals surface area contributed by atoms with Crippen molar-refractivity contribution in [1.29, 1.82) is 0 Å². The second-order valence-electron chi connectivity index (χ2n) is 5.23. The minimum absolute atomic E-state index is 0.0548. The maximum Gasteiger partial charge on any atom is 0.237 e. The van der Waals surface area contributed by atoms with Gasteiger partial charge in [-0.05, 0) is 49.6 Å². The van der Waals surface area contributed by atoms with E-state index < -0.39 is 0 Å². The number of amides is 1. The van der Waals surface area contributed by atoms with Gasteiger partial charge in [0, 0.05) is 11.4 Å². The van der Waals surface area contributed by atoms with Crippen molar-refractivity contribution >= 4 is 23.4 Å². The lowest BCUT2D eigenvalue weighted by molar-refractivity contribution is -0.115. The lowest BCUT2D eigenvalue weighted by Gasteiger charge is -2.13. The molecule has 0 fully saturated rings. The molecule has 0 bridgehead atoms. The van der Waals surface area contributed by atoms with Crippen LogP contribution in [0, 0.1) is 13.8 Å². The number of nitrogens with one attached hydrogen (secondary N) is 1. The Balaban J connectivity index is 1.89. The van der Waals surface area contributed by atoms with Gasteiger partial charge in [0.2, 0.25) is 5.91 Å². The van der Waals surface area contributed by atoms with Gasteiger partial charge in [-0.3, -0.25) is 4.79 Å². The van der Waals surface area contributed by atoms with Crippen LogP contribution < -0.4 is 5.32 Å². The second-order valence-corrected chi connectivity index (χ2v) is 6.56. The molecule has 0 aliphatic heterocycles. The maximum atomic E-state index is 12.2. The molecule has 21 heavy (non-hydrogen) atoms. The molecule has 2 rings (SSSR count). The summed E-state index contributed by atoms with van der Waals surface area (Å²) >= 11 is 1.65. The summed E-state index contributed by atoms with van der Waals surface area (Å²) in [4.78, 5) is 12.2. The van der Waals surface area contributed by atoms with E-state index in [-0.39, 0.29) is 11.2 Å². The van der Waals surface area contributed by atoms with E-state index in [1.165, 1.54) is 16.7 Å². The first-order valence-electron chi connectivity index (χ1n) is 7.10. The van der Waals surface area contributed by atoms with Gasteiger partial charge >= 0.3 is 0 Å². The van der Waals surface area contributed by atoms with Crippen LogP contribution >= 0.6 is 11.8 Å². The minimum Gasteiger partial charge on any atom is -0.325 e. The fraction of sp³-hybridized carbons (Fsp3) is 0.278. The van der Waals surface area contributed by atoms with E-state index in [2.05, 4.69) is 31.3 Å². The van der Waals surface area contributed by atoms with Crippen molar-refractivity contribution in [2.24, 2.45) is 0 Å². The van der Waals surface area contributed by atoms with Crippen LogP contribution in [0.3, 0.4) is 0 Å². The number of hydrogen-bond donors (Lipinski definition) is 1. The summed E-state index contributed by atoms with van der Waals surface area (Å²) in [7, 11) is 0. The highest BCUT2D eigenvalue weighted by Crippen LogP contribution is 2.20. The Morgan fingerprint density at radius 1 is 1.10 bits per heavy atom. The van der Waals surface area contributed by atoms with Gasteiger partial charge in [0.1, 0.15) is 0 Å². The lowest BCUT2D eigenvalue weighted by atomic mass is 10.1. The molecule has 0 saturated carbocycles. The van der Waals surface area contributed by atoms with Gasteiger partial charge in [0.25, 0.3) is 0 Å². The number of carbonyl (C=O) groups excluding carboxylic acids is 1. The maximum absolute atomic E-state index is 12.2. The van der Waals surface area contributed by atoms with Crippen LogP contribution in [0.5, 0.6) is 0 Å². The molecule has 0 aliphatic carbocycles. The van der Waals surface area contributed by atoms with Crippen molar-refractivity contribution < 1.29 is 4.79 Å². The number of hydrogen-bond acceptors (Lipinski definition) is 2. The summed E-state index contributed by atoms with van der Waals surface area (Å²) in [5, 5.41) is 2.91. The van der Waals surface area contributed by atoms with E-state index in [9.17, 15) is 4.79 Å². The Morgan fingerprint density at radius 3 is 2.48 bits per heavy atom. The Morgan fingerprint density at radius 2 is 1.81 bits per heavy atom. The van der Waals surface area contributed by atoms with Crippen LogP contribution in [0.15, 0.2) is 48.5 Å². The summed E-state index contributed by atoms with van der Waals surface area (Å²) in [5.41, 5.74) is 4.54. The average molecular weight is 299 g/mol. The molecule has 0 aliphatic rings. The van der Waals surface area contributed by atoms with Crippen LogP contribution in [-0.2, 0) is 10.5 Å². The van der Waals surface area contributed by atoms with E-state index in [1.807, 2.05) is 43.3 Å². The molecular formula is C18H21NOS. The van der Waals surface area contributed by atoms with Gasteiger partial charge in [0.15, 0.2) is 0 Å². The second kappa shape index (κ2) is 7.32. The predicted molar refractivity (Wildman–Crippen MR) is 91.7 cm³/mol. The highest BCUT2D eigenvalue weighted by Gasteiger charge is 2.13. The monoisotopic (exact) mass is 299 g/mol. The first-order chi connectivity index (χ1) is 10.1. The SMILES string of the molecule is Cc1ccc(NC(=O)[C@@H](C)SCc2ccccc2)cc1C. The van der Waals surface area contributed by atoms with Gasteiger partial charge in [-0.1, -0.05) is 36.4 Å². The molecule has 0 aromatic heterocycles. The normalized spacial score (nSPS) is 12.0. The van der Waals surface area contributed by atoms with E-state index in [4.69, 9.17) is 0 Å². The highest BCUT2D eigenvalue weighted by molar-refractivity contribution is 7.99. The number of carbonyl (C=O) groups is 1. The van der Waals surface area contributed by atoms with Crippen molar-refractivity contribution in [2.45, 2.75) is 31.8 Å². The van der Waals surface area contributed by atoms with Gasteiger partial charge < -0.3 is 5.32 Å². The topological polar surface area (TPSA) is 29.1 Å². The van der Waals surface area contributed by atoms with E-state index >= 15 is 0 Å². The Labute approximate surface area is 131 Å². The largest absolute Gasteiger partial charge is 0.325 e. The lowest BCUT2D eigenvalue weighted by Crippen LogP contribution is -2.22. The Kier molecular flexibility index (Phi) is 5.45. The number of anilines is 1. The van der Waals surface area contributed by atoms with Crippen LogP contribution in [0.2, 0.25) is 0 Å². The van der Waals surface area contributed by atoms with Crippen LogP contribution in [0.4, 0.5) is 5.69 Å². The molecule has 1 atom stereocenters. The van der Waals surface area contributed by atoms with Crippen molar-refractivity contribution in [3.05, 3.63) is 65.2 Å². The zero-order valence-corrected chi connectivity index (χ0v) is 13.5. The van der Waals surface area contributed by atoms with Crippen molar-refractivity contribution in [3.8, 4) is 0 Å². The molecule has 110 valence electrons. The quantitative estimate of drug-likeness (QED) is 0.876. The average Bonchev–Trinajstić information content (AvgIpc) is 2.49. The predicted octanol–water partition coefficient (Wildman–Crippen LogP) is 4.56.